The second-order valence-corrected chi connectivity index (χ2v) is 7.75. The molecule has 1 amide bonds. The van der Waals surface area contributed by atoms with Crippen LogP contribution in [-0.4, -0.2) is 41.2 Å². The quantitative estimate of drug-likeness (QED) is 0.386. The number of rotatable bonds is 6. The summed E-state index contributed by atoms with van der Waals surface area (Å²) in [5.74, 6) is -0.349. The van der Waals surface area contributed by atoms with Gasteiger partial charge < -0.3 is 19.7 Å². The Bertz CT molecular complexity index is 1100. The van der Waals surface area contributed by atoms with Crippen molar-refractivity contribution < 1.29 is 23.0 Å². The Labute approximate surface area is 203 Å². The van der Waals surface area contributed by atoms with Crippen molar-refractivity contribution in [3.63, 3.8) is 0 Å². The topological polar surface area (TPSA) is 76.6 Å². The van der Waals surface area contributed by atoms with Crippen LogP contribution in [0.3, 0.4) is 0 Å². The number of nitrogens with one attached hydrogen (secondary N) is 1. The van der Waals surface area contributed by atoms with Crippen LogP contribution in [0.1, 0.15) is 39.7 Å². The number of nitrogens with zero attached hydrogens (tertiary/aromatic N) is 3. The lowest BCUT2D eigenvalue weighted by Crippen LogP contribution is -2.26. The molecule has 2 heterocycles. The van der Waals surface area contributed by atoms with E-state index in [1.54, 1.807) is 25.9 Å². The third-order valence-corrected chi connectivity index (χ3v) is 5.12. The lowest BCUT2D eigenvalue weighted by Gasteiger charge is -2.19. The van der Waals surface area contributed by atoms with Crippen molar-refractivity contribution in [1.29, 1.82) is 0 Å². The van der Waals surface area contributed by atoms with E-state index in [1.165, 1.54) is 24.5 Å². The monoisotopic (exact) mass is 494 g/mol. The maximum absolute atomic E-state index is 13.3. The highest BCUT2D eigenvalue weighted by Crippen LogP contribution is 2.44. The molecule has 1 aliphatic heterocycles. The molecule has 0 aliphatic carbocycles. The second kappa shape index (κ2) is 11.3. The van der Waals surface area contributed by atoms with Crippen LogP contribution < -0.4 is 14.8 Å². The number of ether oxygens (including phenoxy) is 2. The first kappa shape index (κ1) is 27.0. The summed E-state index contributed by atoms with van der Waals surface area (Å²) in [6.07, 6.45) is 1.82. The lowest BCUT2D eigenvalue weighted by molar-refractivity contribution is -0.286. The zero-order valence-corrected chi connectivity index (χ0v) is 21.1. The summed E-state index contributed by atoms with van der Waals surface area (Å²) >= 11 is 6.42. The van der Waals surface area contributed by atoms with Crippen LogP contribution in [0.5, 0.6) is 11.5 Å². The molecule has 3 rings (SSSR count). The number of hydrogen-bond donors (Lipinski definition) is 1. The number of likely N-dealkylation sites (N-methyl/N-ethyl adjacent to an activating group) is 1. The van der Waals surface area contributed by atoms with Gasteiger partial charge in [0.15, 0.2) is 17.3 Å². The van der Waals surface area contributed by atoms with Crippen LogP contribution in [0.2, 0.25) is 0 Å². The van der Waals surface area contributed by atoms with E-state index in [2.05, 4.69) is 24.8 Å². The van der Waals surface area contributed by atoms with Crippen LogP contribution in [0, 0.1) is 6.92 Å². The van der Waals surface area contributed by atoms with Gasteiger partial charge in [0.1, 0.15) is 5.70 Å². The standard InChI is InChI=1S/C22H23ClF2N4O3.C2H6/c1-6-7-12(2)19(23)20(29(4)5)21(30)28-18-11-26-15(10-27-18)14-9-17-16(8-13(14)3)31-22(24,25)32-17;1-2/h7-11H,6H2,1-5H3,(H,27,28,30);1-2H3/b12-7+,20-19+;. The minimum atomic E-state index is -3.70. The van der Waals surface area contributed by atoms with Gasteiger partial charge in [-0.05, 0) is 43.5 Å². The third kappa shape index (κ3) is 6.22. The number of aromatic nitrogens is 2. The van der Waals surface area contributed by atoms with Crippen molar-refractivity contribution in [2.24, 2.45) is 0 Å². The van der Waals surface area contributed by atoms with E-state index in [1.807, 2.05) is 33.8 Å². The van der Waals surface area contributed by atoms with E-state index < -0.39 is 12.2 Å². The molecule has 0 radical (unpaired) electrons. The average molecular weight is 495 g/mol. The molecular formula is C24H29ClF2N4O3. The van der Waals surface area contributed by atoms with Gasteiger partial charge in [-0.15, -0.1) is 8.78 Å². The number of amides is 1. The van der Waals surface area contributed by atoms with Gasteiger partial charge in [0.05, 0.1) is 23.1 Å². The number of hydrogen-bond acceptors (Lipinski definition) is 6. The predicted octanol–water partition coefficient (Wildman–Crippen LogP) is 6.11. The number of carbonyl (C=O) groups is 1. The van der Waals surface area contributed by atoms with Crippen LogP contribution in [-0.2, 0) is 4.79 Å². The smallest absolute Gasteiger partial charge is 0.395 e. The SMILES string of the molecule is CC.CC/C=C(C)/C(Cl)=C(/C(=O)Nc1cnc(-c2cc3c(cc2C)OC(F)(F)O3)cn1)N(C)C. The number of alkyl halides is 2. The van der Waals surface area contributed by atoms with Crippen LogP contribution in [0.4, 0.5) is 14.6 Å². The van der Waals surface area contributed by atoms with Crippen molar-refractivity contribution >= 4 is 23.3 Å². The molecular weight excluding hydrogens is 466 g/mol. The van der Waals surface area contributed by atoms with Gasteiger partial charge in [-0.3, -0.25) is 9.78 Å². The fraction of sp³-hybridized carbons (Fsp3) is 0.375. The highest BCUT2D eigenvalue weighted by molar-refractivity contribution is 6.34. The van der Waals surface area contributed by atoms with Crippen LogP contribution >= 0.6 is 11.6 Å². The van der Waals surface area contributed by atoms with E-state index in [4.69, 9.17) is 11.6 Å². The van der Waals surface area contributed by atoms with Gasteiger partial charge >= 0.3 is 6.29 Å². The highest BCUT2D eigenvalue weighted by atomic mass is 35.5. The Balaban J connectivity index is 0.00000199. The Morgan fingerprint density at radius 2 is 1.79 bits per heavy atom. The summed E-state index contributed by atoms with van der Waals surface area (Å²) in [6, 6.07) is 2.87. The van der Waals surface area contributed by atoms with Crippen LogP contribution in [0.15, 0.2) is 46.9 Å². The molecule has 0 unspecified atom stereocenters. The van der Waals surface area contributed by atoms with Crippen molar-refractivity contribution in [3.8, 4) is 22.8 Å². The summed E-state index contributed by atoms with van der Waals surface area (Å²) in [4.78, 5) is 23.0. The van der Waals surface area contributed by atoms with Crippen molar-refractivity contribution in [3.05, 3.63) is 52.5 Å². The maximum atomic E-state index is 13.3. The summed E-state index contributed by atoms with van der Waals surface area (Å²) in [5, 5.41) is 3.02. The number of benzene rings is 1. The fourth-order valence-corrected chi connectivity index (χ4v) is 3.49. The third-order valence-electron chi connectivity index (χ3n) is 4.64. The molecule has 0 fully saturated rings. The molecule has 0 spiro atoms. The van der Waals surface area contributed by atoms with E-state index in [-0.39, 0.29) is 23.0 Å². The molecule has 10 heteroatoms. The number of allylic oxidation sites excluding steroid dienone is 3. The van der Waals surface area contributed by atoms with Crippen molar-refractivity contribution in [2.45, 2.75) is 47.3 Å². The van der Waals surface area contributed by atoms with Crippen LogP contribution in [0.25, 0.3) is 11.3 Å². The summed E-state index contributed by atoms with van der Waals surface area (Å²) in [7, 11) is 3.44. The average Bonchev–Trinajstić information content (AvgIpc) is 3.07. The Morgan fingerprint density at radius 1 is 1.18 bits per heavy atom. The number of halogens is 3. The summed E-state index contributed by atoms with van der Waals surface area (Å²) in [6.45, 7) is 9.55. The van der Waals surface area contributed by atoms with Gasteiger partial charge in [0.2, 0.25) is 0 Å². The first-order chi connectivity index (χ1) is 16.0. The van der Waals surface area contributed by atoms with Crippen molar-refractivity contribution in [1.82, 2.24) is 14.9 Å². The second-order valence-electron chi connectivity index (χ2n) is 7.37. The van der Waals surface area contributed by atoms with E-state index in [0.717, 1.165) is 12.0 Å². The molecule has 0 bridgehead atoms. The van der Waals surface area contributed by atoms with E-state index in [9.17, 15) is 13.6 Å². The molecule has 1 N–H and O–H groups in total. The van der Waals surface area contributed by atoms with Gasteiger partial charge in [-0.25, -0.2) is 4.98 Å². The predicted molar refractivity (Wildman–Crippen MR) is 129 cm³/mol. The Hall–Kier alpha value is -3.20. The highest BCUT2D eigenvalue weighted by Gasteiger charge is 2.43. The van der Waals surface area contributed by atoms with Gasteiger partial charge in [0.25, 0.3) is 5.91 Å². The molecule has 1 aromatic carbocycles. The normalized spacial score (nSPS) is 14.6. The molecule has 0 atom stereocenters. The maximum Gasteiger partial charge on any atom is 0.586 e. The fourth-order valence-electron chi connectivity index (χ4n) is 3.16. The number of carbonyl (C=O) groups excluding carboxylic acids is 1. The molecule has 184 valence electrons. The molecule has 0 saturated heterocycles. The molecule has 7 nitrogen and oxygen atoms in total. The molecule has 34 heavy (non-hydrogen) atoms. The Kier molecular flexibility index (Phi) is 8.98. The van der Waals surface area contributed by atoms with E-state index >= 15 is 0 Å². The summed E-state index contributed by atoms with van der Waals surface area (Å²) in [5.41, 5.74) is 2.70. The zero-order chi connectivity index (χ0) is 25.6. The summed E-state index contributed by atoms with van der Waals surface area (Å²) < 4.78 is 35.6. The first-order valence-electron chi connectivity index (χ1n) is 10.8. The largest absolute Gasteiger partial charge is 0.586 e. The number of fused-ring (bicyclic) bond motifs is 1. The minimum absolute atomic E-state index is 0.0413. The Morgan fingerprint density at radius 3 is 2.32 bits per heavy atom. The number of aryl methyl sites for hydroxylation is 1. The molecule has 2 aromatic rings. The molecule has 1 aromatic heterocycles. The number of anilines is 1. The lowest BCUT2D eigenvalue weighted by atomic mass is 10.1. The van der Waals surface area contributed by atoms with Gasteiger partial charge in [0, 0.05) is 19.7 Å². The molecule has 0 saturated carbocycles. The first-order valence-corrected chi connectivity index (χ1v) is 11.2. The zero-order valence-electron chi connectivity index (χ0n) is 20.3. The van der Waals surface area contributed by atoms with E-state index in [0.29, 0.717) is 21.9 Å². The minimum Gasteiger partial charge on any atom is -0.395 e. The van der Waals surface area contributed by atoms with Gasteiger partial charge in [-0.1, -0.05) is 38.4 Å². The molecule has 1 aliphatic rings. The van der Waals surface area contributed by atoms with Crippen molar-refractivity contribution in [2.75, 3.05) is 19.4 Å². The van der Waals surface area contributed by atoms with Gasteiger partial charge in [-0.2, -0.15) is 0 Å².